The maximum Gasteiger partial charge on any atom is 0.350 e. The zero-order chi connectivity index (χ0) is 15.1. The third kappa shape index (κ3) is 3.61. The van der Waals surface area contributed by atoms with E-state index in [0.717, 1.165) is 11.3 Å². The maximum absolute atomic E-state index is 11.7. The molecule has 1 rings (SSSR count). The number of anilines is 2. The van der Waals surface area contributed by atoms with Gasteiger partial charge in [0.15, 0.2) is 0 Å². The van der Waals surface area contributed by atoms with Gasteiger partial charge >= 0.3 is 11.9 Å². The Morgan fingerprint density at radius 2 is 1.90 bits per heavy atom. The Labute approximate surface area is 121 Å². The van der Waals surface area contributed by atoms with E-state index < -0.39 is 11.9 Å². The van der Waals surface area contributed by atoms with Crippen molar-refractivity contribution in [2.45, 2.75) is 6.92 Å². The molecule has 0 saturated carbocycles. The summed E-state index contributed by atoms with van der Waals surface area (Å²) in [6.45, 7) is 3.45. The first-order valence-electron chi connectivity index (χ1n) is 5.97. The van der Waals surface area contributed by atoms with E-state index in [4.69, 9.17) is 10.5 Å². The zero-order valence-corrected chi connectivity index (χ0v) is 12.5. The SMILES string of the molecule is CCOCCNc1sc(C(=O)OC)c(N)c1C(=O)OC. The Morgan fingerprint density at radius 1 is 1.25 bits per heavy atom. The molecule has 7 nitrogen and oxygen atoms in total. The summed E-state index contributed by atoms with van der Waals surface area (Å²) in [4.78, 5) is 23.5. The number of esters is 2. The molecule has 0 aliphatic rings. The van der Waals surface area contributed by atoms with Gasteiger partial charge in [0, 0.05) is 13.2 Å². The lowest BCUT2D eigenvalue weighted by Gasteiger charge is -2.06. The monoisotopic (exact) mass is 302 g/mol. The molecule has 0 atom stereocenters. The van der Waals surface area contributed by atoms with Crippen LogP contribution < -0.4 is 11.1 Å². The lowest BCUT2D eigenvalue weighted by atomic mass is 10.2. The quantitative estimate of drug-likeness (QED) is 0.579. The number of nitrogens with two attached hydrogens (primary N) is 1. The number of rotatable bonds is 7. The molecular formula is C12H18N2O5S. The van der Waals surface area contributed by atoms with Gasteiger partial charge in [-0.1, -0.05) is 0 Å². The van der Waals surface area contributed by atoms with Crippen LogP contribution in [0.5, 0.6) is 0 Å². The third-order valence-electron chi connectivity index (χ3n) is 2.44. The highest BCUT2D eigenvalue weighted by molar-refractivity contribution is 7.19. The molecule has 0 spiro atoms. The van der Waals surface area contributed by atoms with Gasteiger partial charge in [0.2, 0.25) is 0 Å². The molecule has 0 bridgehead atoms. The van der Waals surface area contributed by atoms with Crippen LogP contribution in [0.25, 0.3) is 0 Å². The summed E-state index contributed by atoms with van der Waals surface area (Å²) in [5.74, 6) is -1.19. The van der Waals surface area contributed by atoms with Crippen LogP contribution in [0, 0.1) is 0 Å². The first-order valence-corrected chi connectivity index (χ1v) is 6.78. The standard InChI is InChI=1S/C12H18N2O5S/c1-4-19-6-5-14-10-7(11(15)17-2)8(13)9(20-10)12(16)18-3/h14H,4-6,13H2,1-3H3. The van der Waals surface area contributed by atoms with E-state index in [1.165, 1.54) is 14.2 Å². The second-order valence-corrected chi connectivity index (χ2v) is 4.68. The molecule has 0 fully saturated rings. The molecule has 1 aromatic rings. The first kappa shape index (κ1) is 16.3. The van der Waals surface area contributed by atoms with Crippen LogP contribution in [0.3, 0.4) is 0 Å². The fourth-order valence-electron chi connectivity index (χ4n) is 1.50. The molecule has 0 aliphatic heterocycles. The molecular weight excluding hydrogens is 284 g/mol. The molecule has 8 heteroatoms. The van der Waals surface area contributed by atoms with Crippen molar-refractivity contribution in [2.75, 3.05) is 45.0 Å². The van der Waals surface area contributed by atoms with Crippen LogP contribution in [0.1, 0.15) is 27.0 Å². The Morgan fingerprint density at radius 3 is 2.45 bits per heavy atom. The average Bonchev–Trinajstić information content (AvgIpc) is 2.79. The van der Waals surface area contributed by atoms with E-state index in [0.29, 0.717) is 24.8 Å². The van der Waals surface area contributed by atoms with Gasteiger partial charge in [0.25, 0.3) is 0 Å². The van der Waals surface area contributed by atoms with Gasteiger partial charge in [0.05, 0.1) is 26.5 Å². The highest BCUT2D eigenvalue weighted by atomic mass is 32.1. The van der Waals surface area contributed by atoms with E-state index in [2.05, 4.69) is 14.8 Å². The van der Waals surface area contributed by atoms with E-state index in [1.807, 2.05) is 6.92 Å². The number of hydrogen-bond donors (Lipinski definition) is 2. The zero-order valence-electron chi connectivity index (χ0n) is 11.6. The normalized spacial score (nSPS) is 10.2. The van der Waals surface area contributed by atoms with Crippen molar-refractivity contribution in [1.82, 2.24) is 0 Å². The van der Waals surface area contributed by atoms with Gasteiger partial charge in [0.1, 0.15) is 15.4 Å². The maximum atomic E-state index is 11.7. The number of ether oxygens (including phenoxy) is 3. The van der Waals surface area contributed by atoms with Gasteiger partial charge in [-0.3, -0.25) is 0 Å². The lowest BCUT2D eigenvalue weighted by molar-refractivity contribution is 0.0602. The van der Waals surface area contributed by atoms with E-state index in [9.17, 15) is 9.59 Å². The van der Waals surface area contributed by atoms with Crippen LogP contribution >= 0.6 is 11.3 Å². The topological polar surface area (TPSA) is 99.9 Å². The minimum absolute atomic E-state index is 0.0626. The molecule has 0 aromatic carbocycles. The third-order valence-corrected chi connectivity index (χ3v) is 3.58. The van der Waals surface area contributed by atoms with Crippen molar-refractivity contribution in [3.05, 3.63) is 10.4 Å². The van der Waals surface area contributed by atoms with Crippen LogP contribution in [0.15, 0.2) is 0 Å². The van der Waals surface area contributed by atoms with Crippen LogP contribution in [-0.4, -0.2) is 45.9 Å². The number of nitrogen functional groups attached to an aromatic ring is 1. The van der Waals surface area contributed by atoms with Crippen LogP contribution in [0.4, 0.5) is 10.7 Å². The van der Waals surface area contributed by atoms with Gasteiger partial charge < -0.3 is 25.3 Å². The van der Waals surface area contributed by atoms with Crippen molar-refractivity contribution >= 4 is 34.0 Å². The molecule has 0 amide bonds. The van der Waals surface area contributed by atoms with Gasteiger partial charge in [-0.05, 0) is 6.92 Å². The summed E-state index contributed by atoms with van der Waals surface area (Å²) in [6, 6.07) is 0. The van der Waals surface area contributed by atoms with E-state index >= 15 is 0 Å². The van der Waals surface area contributed by atoms with Crippen LogP contribution in [0.2, 0.25) is 0 Å². The number of thiophene rings is 1. The van der Waals surface area contributed by atoms with E-state index in [-0.39, 0.29) is 16.1 Å². The largest absolute Gasteiger partial charge is 0.465 e. The summed E-state index contributed by atoms with van der Waals surface area (Å²) >= 11 is 1.05. The van der Waals surface area contributed by atoms with Gasteiger partial charge in [-0.25, -0.2) is 9.59 Å². The first-order chi connectivity index (χ1) is 9.56. The molecule has 112 valence electrons. The van der Waals surface area contributed by atoms with Gasteiger partial charge in [-0.15, -0.1) is 11.3 Å². The minimum Gasteiger partial charge on any atom is -0.465 e. The Balaban J connectivity index is 3.01. The van der Waals surface area contributed by atoms with Crippen molar-refractivity contribution < 1.29 is 23.8 Å². The molecule has 0 saturated heterocycles. The molecule has 0 radical (unpaired) electrons. The minimum atomic E-state index is -0.604. The van der Waals surface area contributed by atoms with Crippen molar-refractivity contribution in [3.8, 4) is 0 Å². The fourth-order valence-corrected chi connectivity index (χ4v) is 2.55. The van der Waals surface area contributed by atoms with Crippen LogP contribution in [-0.2, 0) is 14.2 Å². The Bertz CT molecular complexity index is 486. The summed E-state index contributed by atoms with van der Waals surface area (Å²) in [7, 11) is 2.50. The molecule has 0 unspecified atom stereocenters. The van der Waals surface area contributed by atoms with Crippen molar-refractivity contribution in [1.29, 1.82) is 0 Å². The second kappa shape index (κ2) is 7.71. The smallest absolute Gasteiger partial charge is 0.350 e. The Hall–Kier alpha value is -1.80. The fraction of sp³-hybridized carbons (Fsp3) is 0.500. The number of nitrogens with one attached hydrogen (secondary N) is 1. The number of carbonyl (C=O) groups excluding carboxylic acids is 2. The van der Waals surface area contributed by atoms with Crippen molar-refractivity contribution in [2.24, 2.45) is 0 Å². The molecule has 3 N–H and O–H groups in total. The second-order valence-electron chi connectivity index (χ2n) is 3.66. The highest BCUT2D eigenvalue weighted by Crippen LogP contribution is 2.36. The predicted octanol–water partition coefficient (Wildman–Crippen LogP) is 1.35. The average molecular weight is 302 g/mol. The predicted molar refractivity (Wildman–Crippen MR) is 76.4 cm³/mol. The molecule has 1 aromatic heterocycles. The van der Waals surface area contributed by atoms with Gasteiger partial charge in [-0.2, -0.15) is 0 Å². The summed E-state index contributed by atoms with van der Waals surface area (Å²) in [6.07, 6.45) is 0. The number of methoxy groups -OCH3 is 2. The summed E-state index contributed by atoms with van der Waals surface area (Å²) < 4.78 is 14.5. The number of carbonyl (C=O) groups is 2. The highest BCUT2D eigenvalue weighted by Gasteiger charge is 2.26. The lowest BCUT2D eigenvalue weighted by Crippen LogP contribution is -2.12. The molecule has 20 heavy (non-hydrogen) atoms. The Kier molecular flexibility index (Phi) is 6.26. The van der Waals surface area contributed by atoms with Crippen molar-refractivity contribution in [3.63, 3.8) is 0 Å². The summed E-state index contributed by atoms with van der Waals surface area (Å²) in [5.41, 5.74) is 6.04. The molecule has 1 heterocycles. The van der Waals surface area contributed by atoms with E-state index in [1.54, 1.807) is 0 Å². The molecule has 0 aliphatic carbocycles. The number of hydrogen-bond acceptors (Lipinski definition) is 8. The summed E-state index contributed by atoms with van der Waals surface area (Å²) in [5, 5.41) is 3.48.